The number of nitrogens with one attached hydrogen (secondary N) is 1. The Morgan fingerprint density at radius 1 is 1.38 bits per heavy atom. The molecule has 0 radical (unpaired) electrons. The van der Waals surface area contributed by atoms with E-state index in [2.05, 4.69) is 5.32 Å². The minimum Gasteiger partial charge on any atom is -0.383 e. The third-order valence-corrected chi connectivity index (χ3v) is 1.94. The average Bonchev–Trinajstić information content (AvgIpc) is 2.10. The van der Waals surface area contributed by atoms with Crippen molar-refractivity contribution in [2.75, 3.05) is 6.54 Å². The summed E-state index contributed by atoms with van der Waals surface area (Å²) in [4.78, 5) is 22.7. The van der Waals surface area contributed by atoms with Gasteiger partial charge < -0.3 is 10.8 Å². The standard InChI is InChI=1S/C11H22N2O3/c1-11(2,3)7-9(15)13-10(16)8(14)5-4-6-12/h8,14H,4-7,12H2,1-3H3,(H,13,15,16). The largest absolute Gasteiger partial charge is 0.383 e. The van der Waals surface area contributed by atoms with E-state index in [-0.39, 0.29) is 24.2 Å². The molecular weight excluding hydrogens is 208 g/mol. The van der Waals surface area contributed by atoms with Gasteiger partial charge in [0.25, 0.3) is 5.91 Å². The minimum atomic E-state index is -1.15. The van der Waals surface area contributed by atoms with Gasteiger partial charge in [-0.25, -0.2) is 0 Å². The molecule has 0 aromatic carbocycles. The van der Waals surface area contributed by atoms with Crippen LogP contribution in [-0.2, 0) is 9.59 Å². The number of imide groups is 1. The summed E-state index contributed by atoms with van der Waals surface area (Å²) in [5.74, 6) is -0.994. The number of carbonyl (C=O) groups excluding carboxylic acids is 2. The molecule has 94 valence electrons. The highest BCUT2D eigenvalue weighted by molar-refractivity contribution is 5.97. The van der Waals surface area contributed by atoms with Crippen molar-refractivity contribution in [3.63, 3.8) is 0 Å². The van der Waals surface area contributed by atoms with Crippen LogP contribution in [0.4, 0.5) is 0 Å². The number of hydrogen-bond donors (Lipinski definition) is 3. The minimum absolute atomic E-state index is 0.174. The van der Waals surface area contributed by atoms with Gasteiger partial charge >= 0.3 is 0 Å². The van der Waals surface area contributed by atoms with Crippen molar-refractivity contribution in [3.8, 4) is 0 Å². The quantitative estimate of drug-likeness (QED) is 0.627. The third-order valence-electron chi connectivity index (χ3n) is 1.94. The van der Waals surface area contributed by atoms with Crippen LogP contribution in [0.2, 0.25) is 0 Å². The Bertz CT molecular complexity index is 246. The SMILES string of the molecule is CC(C)(C)CC(=O)NC(=O)C(O)CCCN. The molecule has 0 aliphatic rings. The number of nitrogens with two attached hydrogens (primary N) is 1. The predicted molar refractivity (Wildman–Crippen MR) is 61.5 cm³/mol. The van der Waals surface area contributed by atoms with Gasteiger partial charge in [-0.15, -0.1) is 0 Å². The zero-order chi connectivity index (χ0) is 12.8. The monoisotopic (exact) mass is 230 g/mol. The molecule has 2 amide bonds. The number of carbonyl (C=O) groups is 2. The molecule has 5 nitrogen and oxygen atoms in total. The second-order valence-corrected chi connectivity index (χ2v) is 5.10. The van der Waals surface area contributed by atoms with Gasteiger partial charge in [0.1, 0.15) is 6.10 Å². The third kappa shape index (κ3) is 7.36. The van der Waals surface area contributed by atoms with Crippen molar-refractivity contribution in [1.82, 2.24) is 5.32 Å². The van der Waals surface area contributed by atoms with E-state index in [9.17, 15) is 14.7 Å². The zero-order valence-electron chi connectivity index (χ0n) is 10.2. The summed E-state index contributed by atoms with van der Waals surface area (Å²) in [6.07, 6.45) is -0.0531. The summed E-state index contributed by atoms with van der Waals surface area (Å²) in [6, 6.07) is 0. The number of aliphatic hydroxyl groups is 1. The highest BCUT2D eigenvalue weighted by atomic mass is 16.3. The number of amides is 2. The normalized spacial score (nSPS) is 13.3. The van der Waals surface area contributed by atoms with Crippen molar-refractivity contribution in [3.05, 3.63) is 0 Å². The fourth-order valence-corrected chi connectivity index (χ4v) is 1.19. The van der Waals surface area contributed by atoms with E-state index in [0.29, 0.717) is 13.0 Å². The Balaban J connectivity index is 3.99. The first-order valence-electron chi connectivity index (χ1n) is 5.48. The predicted octanol–water partition coefficient (Wildman–Crippen LogP) is 0.165. The molecule has 0 saturated carbocycles. The zero-order valence-corrected chi connectivity index (χ0v) is 10.2. The molecule has 1 unspecified atom stereocenters. The van der Waals surface area contributed by atoms with Gasteiger partial charge in [-0.1, -0.05) is 20.8 Å². The Morgan fingerprint density at radius 2 is 1.94 bits per heavy atom. The summed E-state index contributed by atoms with van der Waals surface area (Å²) in [5, 5.41) is 11.6. The summed E-state index contributed by atoms with van der Waals surface area (Å²) >= 11 is 0. The van der Waals surface area contributed by atoms with E-state index in [0.717, 1.165) is 0 Å². The summed E-state index contributed by atoms with van der Waals surface area (Å²) < 4.78 is 0. The van der Waals surface area contributed by atoms with Crippen LogP contribution in [-0.4, -0.2) is 29.6 Å². The molecule has 4 N–H and O–H groups in total. The molecule has 5 heteroatoms. The smallest absolute Gasteiger partial charge is 0.255 e. The van der Waals surface area contributed by atoms with E-state index in [1.807, 2.05) is 20.8 Å². The highest BCUT2D eigenvalue weighted by Gasteiger charge is 2.21. The van der Waals surface area contributed by atoms with E-state index in [1.165, 1.54) is 0 Å². The maximum Gasteiger partial charge on any atom is 0.255 e. The Morgan fingerprint density at radius 3 is 2.38 bits per heavy atom. The van der Waals surface area contributed by atoms with Crippen LogP contribution in [0, 0.1) is 5.41 Å². The van der Waals surface area contributed by atoms with E-state index in [1.54, 1.807) is 0 Å². The van der Waals surface area contributed by atoms with Crippen LogP contribution in [0.3, 0.4) is 0 Å². The summed E-state index contributed by atoms with van der Waals surface area (Å²) in [5.41, 5.74) is 5.08. The van der Waals surface area contributed by atoms with Crippen molar-refractivity contribution in [2.45, 2.75) is 46.1 Å². The van der Waals surface area contributed by atoms with Gasteiger partial charge in [0.2, 0.25) is 5.91 Å². The number of rotatable bonds is 5. The first-order valence-corrected chi connectivity index (χ1v) is 5.48. The molecule has 0 aliphatic heterocycles. The Kier molecular flexibility index (Phi) is 6.21. The molecule has 16 heavy (non-hydrogen) atoms. The summed E-state index contributed by atoms with van der Waals surface area (Å²) in [7, 11) is 0. The molecule has 0 aromatic rings. The van der Waals surface area contributed by atoms with Gasteiger partial charge in [-0.2, -0.15) is 0 Å². The van der Waals surface area contributed by atoms with Crippen LogP contribution in [0.5, 0.6) is 0 Å². The lowest BCUT2D eigenvalue weighted by molar-refractivity contribution is -0.136. The van der Waals surface area contributed by atoms with E-state index in [4.69, 9.17) is 5.73 Å². The maximum atomic E-state index is 11.4. The second-order valence-electron chi connectivity index (χ2n) is 5.10. The lowest BCUT2D eigenvalue weighted by Gasteiger charge is -2.17. The molecule has 0 fully saturated rings. The van der Waals surface area contributed by atoms with Gasteiger partial charge in [0.15, 0.2) is 0 Å². The Hall–Kier alpha value is -0.940. The maximum absolute atomic E-state index is 11.4. The average molecular weight is 230 g/mol. The number of hydrogen-bond acceptors (Lipinski definition) is 4. The fourth-order valence-electron chi connectivity index (χ4n) is 1.19. The van der Waals surface area contributed by atoms with E-state index < -0.39 is 12.0 Å². The molecule has 0 aliphatic carbocycles. The van der Waals surface area contributed by atoms with E-state index >= 15 is 0 Å². The highest BCUT2D eigenvalue weighted by Crippen LogP contribution is 2.17. The second kappa shape index (κ2) is 6.60. The number of aliphatic hydroxyl groups excluding tert-OH is 1. The molecule has 0 heterocycles. The molecule has 1 atom stereocenters. The molecule has 0 spiro atoms. The van der Waals surface area contributed by atoms with Crippen molar-refractivity contribution in [2.24, 2.45) is 11.1 Å². The van der Waals surface area contributed by atoms with Gasteiger partial charge in [-0.3, -0.25) is 14.9 Å². The van der Waals surface area contributed by atoms with Crippen molar-refractivity contribution >= 4 is 11.8 Å². The van der Waals surface area contributed by atoms with Crippen molar-refractivity contribution in [1.29, 1.82) is 0 Å². The van der Waals surface area contributed by atoms with Crippen LogP contribution in [0.1, 0.15) is 40.0 Å². The first-order chi connectivity index (χ1) is 7.26. The molecular formula is C11H22N2O3. The fraction of sp³-hybridized carbons (Fsp3) is 0.818. The van der Waals surface area contributed by atoms with Gasteiger partial charge in [0.05, 0.1) is 0 Å². The van der Waals surface area contributed by atoms with Crippen LogP contribution in [0.25, 0.3) is 0 Å². The topological polar surface area (TPSA) is 92.4 Å². The van der Waals surface area contributed by atoms with Gasteiger partial charge in [-0.05, 0) is 24.8 Å². The molecule has 0 saturated heterocycles. The lowest BCUT2D eigenvalue weighted by Crippen LogP contribution is -2.40. The van der Waals surface area contributed by atoms with Crippen LogP contribution < -0.4 is 11.1 Å². The van der Waals surface area contributed by atoms with Crippen LogP contribution in [0.15, 0.2) is 0 Å². The van der Waals surface area contributed by atoms with Gasteiger partial charge in [0, 0.05) is 6.42 Å². The van der Waals surface area contributed by atoms with Crippen LogP contribution >= 0.6 is 0 Å². The Labute approximate surface area is 96.4 Å². The lowest BCUT2D eigenvalue weighted by atomic mass is 9.92. The van der Waals surface area contributed by atoms with Crippen molar-refractivity contribution < 1.29 is 14.7 Å². The molecule has 0 aromatic heterocycles. The first kappa shape index (κ1) is 15.1. The molecule has 0 bridgehead atoms. The molecule has 0 rings (SSSR count). The summed E-state index contributed by atoms with van der Waals surface area (Å²) in [6.45, 7) is 6.13.